The number of hydrogen-bond acceptors (Lipinski definition) is 6. The van der Waals surface area contributed by atoms with Crippen molar-refractivity contribution < 1.29 is 23.5 Å². The van der Waals surface area contributed by atoms with E-state index in [0.717, 1.165) is 43.0 Å². The SMILES string of the molecule is Cl.Cl.[2H][13C]([2H])([2H])Oc1ccccc1OCC(O)CN1CCN(CC(=O)Nc2c(C)cccc2C)CC1. The molecule has 1 unspecified atom stereocenters. The third-order valence-electron chi connectivity index (χ3n) is 5.44. The van der Waals surface area contributed by atoms with Gasteiger partial charge in [-0.3, -0.25) is 14.6 Å². The summed E-state index contributed by atoms with van der Waals surface area (Å²) in [5, 5.41) is 13.4. The van der Waals surface area contributed by atoms with Crippen LogP contribution in [0.15, 0.2) is 42.5 Å². The first kappa shape index (κ1) is 24.1. The minimum atomic E-state index is -2.58. The van der Waals surface area contributed by atoms with Crippen molar-refractivity contribution in [2.75, 3.05) is 58.2 Å². The van der Waals surface area contributed by atoms with Gasteiger partial charge >= 0.3 is 0 Å². The molecule has 2 N–H and O–H groups in total. The predicted molar refractivity (Wildman–Crippen MR) is 136 cm³/mol. The predicted octanol–water partition coefficient (Wildman–Crippen LogP) is 3.15. The van der Waals surface area contributed by atoms with Gasteiger partial charge in [0.2, 0.25) is 5.91 Å². The normalized spacial score (nSPS) is 16.8. The van der Waals surface area contributed by atoms with Crippen molar-refractivity contribution in [3.8, 4) is 11.5 Å². The lowest BCUT2D eigenvalue weighted by Gasteiger charge is -2.35. The van der Waals surface area contributed by atoms with Gasteiger partial charge in [0, 0.05) is 38.4 Å². The molecule has 0 spiro atoms. The number of aliphatic hydroxyl groups excluding tert-OH is 1. The van der Waals surface area contributed by atoms with Crippen molar-refractivity contribution in [2.45, 2.75) is 20.0 Å². The van der Waals surface area contributed by atoms with Crippen LogP contribution in [0.4, 0.5) is 5.69 Å². The van der Waals surface area contributed by atoms with Crippen LogP contribution in [0.1, 0.15) is 15.2 Å². The molecule has 1 amide bonds. The maximum atomic E-state index is 12.5. The number of aryl methyl sites for hydroxylation is 2. The molecule has 2 aromatic carbocycles. The molecular formula is C24H35Cl2N3O4. The standard InChI is InChI=1S/C24H33N3O4.2ClH/c1-18-7-6-8-19(2)24(18)25-23(29)16-27-13-11-26(12-14-27)15-20(28)17-31-22-10-5-4-9-21(22)30-3;;/h4-10,20,28H,11-17H2,1-3H3,(H,25,29);2*1H/i3+1D3;;. The van der Waals surface area contributed by atoms with Gasteiger partial charge in [-0.1, -0.05) is 30.3 Å². The highest BCUT2D eigenvalue weighted by atomic mass is 35.5. The first-order chi connectivity index (χ1) is 16.1. The fourth-order valence-electron chi connectivity index (χ4n) is 3.71. The molecule has 0 saturated carbocycles. The van der Waals surface area contributed by atoms with E-state index in [2.05, 4.69) is 15.1 Å². The summed E-state index contributed by atoms with van der Waals surface area (Å²) in [5.41, 5.74) is 2.96. The van der Waals surface area contributed by atoms with E-state index in [4.69, 9.17) is 13.6 Å². The van der Waals surface area contributed by atoms with E-state index in [9.17, 15) is 9.90 Å². The number of piperazine rings is 1. The molecule has 2 aromatic rings. The number of carbonyl (C=O) groups excluding carboxylic acids is 1. The van der Waals surface area contributed by atoms with E-state index in [0.29, 0.717) is 13.1 Å². The second-order valence-electron chi connectivity index (χ2n) is 7.91. The maximum Gasteiger partial charge on any atom is 0.238 e. The van der Waals surface area contributed by atoms with Crippen LogP contribution < -0.4 is 14.8 Å². The zero-order valence-electron chi connectivity index (χ0n) is 22.0. The van der Waals surface area contributed by atoms with Crippen molar-refractivity contribution in [1.29, 1.82) is 0 Å². The van der Waals surface area contributed by atoms with Gasteiger partial charge in [-0.2, -0.15) is 0 Å². The molecule has 1 saturated heterocycles. The number of para-hydroxylation sites is 3. The molecule has 1 aliphatic rings. The van der Waals surface area contributed by atoms with E-state index < -0.39 is 13.1 Å². The van der Waals surface area contributed by atoms with Gasteiger partial charge in [-0.05, 0) is 37.1 Å². The van der Waals surface area contributed by atoms with Gasteiger partial charge in [-0.25, -0.2) is 0 Å². The van der Waals surface area contributed by atoms with Crippen molar-refractivity contribution in [3.05, 3.63) is 53.6 Å². The average molecular weight is 504 g/mol. The number of β-amino-alcohol motifs (C(OH)–C–C–N with tert-alkyl or cyclic N) is 1. The highest BCUT2D eigenvalue weighted by molar-refractivity contribution is 5.93. The Balaban J connectivity index is 0.00000324. The van der Waals surface area contributed by atoms with Crippen LogP contribution in [-0.4, -0.2) is 79.8 Å². The Morgan fingerprint density at radius 1 is 1.03 bits per heavy atom. The minimum absolute atomic E-state index is 0. The molecule has 9 heteroatoms. The smallest absolute Gasteiger partial charge is 0.238 e. The number of anilines is 1. The number of hydrogen-bond donors (Lipinski definition) is 2. The highest BCUT2D eigenvalue weighted by Crippen LogP contribution is 2.25. The molecule has 0 aromatic heterocycles. The molecule has 0 bridgehead atoms. The van der Waals surface area contributed by atoms with Crippen LogP contribution in [0.2, 0.25) is 0 Å². The van der Waals surface area contributed by atoms with Gasteiger partial charge in [-0.15, -0.1) is 24.8 Å². The summed E-state index contributed by atoms with van der Waals surface area (Å²) in [7, 11) is -2.58. The summed E-state index contributed by atoms with van der Waals surface area (Å²) in [6.45, 7) is 7.63. The largest absolute Gasteiger partial charge is 0.493 e. The number of aliphatic hydroxyl groups is 1. The van der Waals surface area contributed by atoms with Crippen LogP contribution in [-0.2, 0) is 4.79 Å². The molecule has 33 heavy (non-hydrogen) atoms. The number of nitrogens with zero attached hydrogens (tertiary/aromatic N) is 2. The first-order valence-electron chi connectivity index (χ1n) is 12.0. The Labute approximate surface area is 213 Å². The van der Waals surface area contributed by atoms with E-state index >= 15 is 0 Å². The first-order valence-corrected chi connectivity index (χ1v) is 10.5. The second kappa shape index (κ2) is 14.3. The van der Waals surface area contributed by atoms with E-state index in [1.54, 1.807) is 18.2 Å². The highest BCUT2D eigenvalue weighted by Gasteiger charge is 2.21. The molecule has 1 atom stereocenters. The van der Waals surface area contributed by atoms with Crippen LogP contribution >= 0.6 is 24.8 Å². The van der Waals surface area contributed by atoms with E-state index in [-0.39, 0.29) is 48.8 Å². The molecule has 0 aliphatic carbocycles. The number of ether oxygens (including phenoxy) is 2. The van der Waals surface area contributed by atoms with E-state index in [1.807, 2.05) is 32.0 Å². The number of amides is 1. The van der Waals surface area contributed by atoms with Crippen molar-refractivity contribution in [1.82, 2.24) is 9.80 Å². The molecule has 0 radical (unpaired) electrons. The van der Waals surface area contributed by atoms with Crippen molar-refractivity contribution >= 4 is 36.4 Å². The molecule has 184 valence electrons. The number of carbonyl (C=O) groups is 1. The lowest BCUT2D eigenvalue weighted by molar-refractivity contribution is -0.117. The molecule has 3 rings (SSSR count). The van der Waals surface area contributed by atoms with Crippen LogP contribution in [0.25, 0.3) is 0 Å². The van der Waals surface area contributed by atoms with Crippen LogP contribution in [0.3, 0.4) is 0 Å². The molecule has 7 nitrogen and oxygen atoms in total. The zero-order valence-corrected chi connectivity index (χ0v) is 20.6. The summed E-state index contributed by atoms with van der Waals surface area (Å²) in [6.07, 6.45) is -0.750. The Morgan fingerprint density at radius 2 is 1.64 bits per heavy atom. The summed E-state index contributed by atoms with van der Waals surface area (Å²) in [4.78, 5) is 16.7. The van der Waals surface area contributed by atoms with Crippen LogP contribution in [0, 0.1) is 13.8 Å². The lowest BCUT2D eigenvalue weighted by Crippen LogP contribution is -2.50. The topological polar surface area (TPSA) is 74.3 Å². The number of halogens is 2. The zero-order chi connectivity index (χ0) is 24.7. The molecule has 1 aliphatic heterocycles. The number of benzene rings is 2. The van der Waals surface area contributed by atoms with Crippen molar-refractivity contribution in [2.24, 2.45) is 0 Å². The van der Waals surface area contributed by atoms with E-state index in [1.165, 1.54) is 6.07 Å². The Morgan fingerprint density at radius 3 is 2.27 bits per heavy atom. The molecule has 1 heterocycles. The third-order valence-corrected chi connectivity index (χ3v) is 5.44. The molecule has 1 fully saturated rings. The number of nitrogens with one attached hydrogen (secondary N) is 1. The lowest BCUT2D eigenvalue weighted by atomic mass is 10.1. The van der Waals surface area contributed by atoms with Gasteiger partial charge in [0.05, 0.1) is 17.7 Å². The van der Waals surface area contributed by atoms with Gasteiger partial charge in [0.15, 0.2) is 11.5 Å². The van der Waals surface area contributed by atoms with Crippen molar-refractivity contribution in [3.63, 3.8) is 0 Å². The maximum absolute atomic E-state index is 12.5. The minimum Gasteiger partial charge on any atom is -0.493 e. The fourth-order valence-corrected chi connectivity index (χ4v) is 3.71. The number of methoxy groups -OCH3 is 1. The Bertz CT molecular complexity index is 954. The summed E-state index contributed by atoms with van der Waals surface area (Å²) in [5.74, 6) is 0.358. The average Bonchev–Trinajstić information content (AvgIpc) is 2.76. The summed E-state index contributed by atoms with van der Waals surface area (Å²) < 4.78 is 32.3. The fraction of sp³-hybridized carbons (Fsp3) is 0.458. The summed E-state index contributed by atoms with van der Waals surface area (Å²) >= 11 is 0. The summed E-state index contributed by atoms with van der Waals surface area (Å²) in [6, 6.07) is 12.4. The van der Waals surface area contributed by atoms with Gasteiger partial charge in [0.1, 0.15) is 12.7 Å². The second-order valence-corrected chi connectivity index (χ2v) is 7.91. The van der Waals surface area contributed by atoms with Gasteiger partial charge < -0.3 is 19.9 Å². The third kappa shape index (κ3) is 8.68. The number of rotatable bonds is 9. The molecular weight excluding hydrogens is 466 g/mol. The Kier molecular flexibility index (Phi) is 10.4. The monoisotopic (exact) mass is 503 g/mol. The van der Waals surface area contributed by atoms with Crippen LogP contribution in [0.5, 0.6) is 11.5 Å². The quantitative estimate of drug-likeness (QED) is 0.512. The Hall–Kier alpha value is -2.03. The van der Waals surface area contributed by atoms with Gasteiger partial charge in [0.25, 0.3) is 0 Å².